The number of nitriles is 2. The van der Waals surface area contributed by atoms with E-state index in [1.54, 1.807) is 12.5 Å². The number of rotatable bonds is 7. The van der Waals surface area contributed by atoms with Crippen molar-refractivity contribution in [3.8, 4) is 12.1 Å². The number of hydrogen-bond acceptors (Lipinski definition) is 6. The Labute approximate surface area is 116 Å². The molecule has 0 bridgehead atoms. The summed E-state index contributed by atoms with van der Waals surface area (Å²) in [6.07, 6.45) is 3.31. The van der Waals surface area contributed by atoms with E-state index in [1.807, 2.05) is 0 Å². The van der Waals surface area contributed by atoms with Crippen LogP contribution < -0.4 is 0 Å². The summed E-state index contributed by atoms with van der Waals surface area (Å²) in [7, 11) is 0. The van der Waals surface area contributed by atoms with E-state index in [0.29, 0.717) is 0 Å². The smallest absolute Gasteiger partial charge is 0.137 e. The quantitative estimate of drug-likeness (QED) is 0.712. The second-order valence-electron chi connectivity index (χ2n) is 4.04. The molecule has 0 heterocycles. The Bertz CT molecular complexity index is 385. The molecule has 0 spiro atoms. The molecule has 0 aliphatic rings. The van der Waals surface area contributed by atoms with Crippen molar-refractivity contribution in [2.24, 2.45) is 0 Å². The molecule has 0 radical (unpaired) electrons. The average molecular weight is 284 g/mol. The van der Waals surface area contributed by atoms with Gasteiger partial charge < -0.3 is 0 Å². The third-order valence-electron chi connectivity index (χ3n) is 2.71. The molecule has 0 N–H and O–H groups in total. The van der Waals surface area contributed by atoms with E-state index in [9.17, 15) is 20.1 Å². The summed E-state index contributed by atoms with van der Waals surface area (Å²) in [6, 6.07) is 4.18. The summed E-state index contributed by atoms with van der Waals surface area (Å²) < 4.78 is -2.39. The van der Waals surface area contributed by atoms with Crippen molar-refractivity contribution < 1.29 is 9.59 Å². The molecule has 0 saturated heterocycles. The van der Waals surface area contributed by atoms with Crippen molar-refractivity contribution in [1.29, 1.82) is 10.5 Å². The van der Waals surface area contributed by atoms with Crippen LogP contribution in [0.25, 0.3) is 0 Å². The normalized spacial score (nSPS) is 16.8. The highest BCUT2D eigenvalue weighted by atomic mass is 32.2. The second-order valence-corrected chi connectivity index (χ2v) is 6.25. The Balaban J connectivity index is 5.79. The molecule has 98 valence electrons. The molecule has 0 amide bonds. The molecule has 0 rings (SSSR count). The maximum absolute atomic E-state index is 11.4. The Kier molecular flexibility index (Phi) is 6.45. The monoisotopic (exact) mass is 284 g/mol. The minimum atomic E-state index is -1.20. The molecule has 0 aromatic heterocycles. The molecule has 6 heteroatoms. The zero-order chi connectivity index (χ0) is 14.4. The fourth-order valence-corrected chi connectivity index (χ4v) is 4.08. The fraction of sp³-hybridized carbons (Fsp3) is 0.667. The lowest BCUT2D eigenvalue weighted by Gasteiger charge is -2.38. The first-order valence-corrected chi connectivity index (χ1v) is 7.69. The van der Waals surface area contributed by atoms with E-state index in [4.69, 9.17) is 0 Å². The van der Waals surface area contributed by atoms with Gasteiger partial charge in [-0.25, -0.2) is 0 Å². The largest absolute Gasteiger partial charge is 0.300 e. The third-order valence-corrected chi connectivity index (χ3v) is 5.40. The highest BCUT2D eigenvalue weighted by Crippen LogP contribution is 2.47. The Morgan fingerprint density at radius 3 is 1.33 bits per heavy atom. The van der Waals surface area contributed by atoms with Crippen LogP contribution in [0.3, 0.4) is 0 Å². The number of thioether (sulfide) groups is 2. The lowest BCUT2D eigenvalue weighted by molar-refractivity contribution is -0.119. The van der Waals surface area contributed by atoms with Crippen LogP contribution in [0, 0.1) is 22.7 Å². The zero-order valence-electron chi connectivity index (χ0n) is 10.9. The number of carbonyl (C=O) groups is 2. The van der Waals surface area contributed by atoms with Gasteiger partial charge in [0, 0.05) is 12.8 Å². The number of ketones is 2. The van der Waals surface area contributed by atoms with Crippen molar-refractivity contribution >= 4 is 35.1 Å². The molecule has 0 aliphatic heterocycles. The Morgan fingerprint density at radius 1 is 0.944 bits per heavy atom. The molecular formula is C12H16N2O2S2. The van der Waals surface area contributed by atoms with Gasteiger partial charge in [0.2, 0.25) is 0 Å². The maximum Gasteiger partial charge on any atom is 0.137 e. The summed E-state index contributed by atoms with van der Waals surface area (Å²) >= 11 is 2.33. The SMILES string of the molecule is CSC(C#N)(CC(C)=O)C(C#N)(CC(C)=O)SC. The fourth-order valence-electron chi connectivity index (χ4n) is 1.81. The highest BCUT2D eigenvalue weighted by Gasteiger charge is 2.53. The number of carbonyl (C=O) groups excluding carboxylic acids is 2. The van der Waals surface area contributed by atoms with Crippen molar-refractivity contribution in [1.82, 2.24) is 0 Å². The zero-order valence-corrected chi connectivity index (χ0v) is 12.6. The van der Waals surface area contributed by atoms with Crippen LogP contribution in [0.1, 0.15) is 26.7 Å². The maximum atomic E-state index is 11.4. The summed E-state index contributed by atoms with van der Waals surface area (Å²) in [5.41, 5.74) is 0. The predicted molar refractivity (Wildman–Crippen MR) is 74.3 cm³/mol. The van der Waals surface area contributed by atoms with Crippen LogP contribution in [-0.4, -0.2) is 33.6 Å². The van der Waals surface area contributed by atoms with Gasteiger partial charge in [-0.05, 0) is 26.4 Å². The topological polar surface area (TPSA) is 81.7 Å². The van der Waals surface area contributed by atoms with E-state index in [-0.39, 0.29) is 24.4 Å². The van der Waals surface area contributed by atoms with Gasteiger partial charge in [0.05, 0.1) is 12.1 Å². The van der Waals surface area contributed by atoms with Crippen LogP contribution in [0.15, 0.2) is 0 Å². The van der Waals surface area contributed by atoms with E-state index >= 15 is 0 Å². The molecule has 4 nitrogen and oxygen atoms in total. The minimum absolute atomic E-state index is 0.0354. The van der Waals surface area contributed by atoms with Crippen LogP contribution in [-0.2, 0) is 9.59 Å². The van der Waals surface area contributed by atoms with Crippen LogP contribution in [0.2, 0.25) is 0 Å². The van der Waals surface area contributed by atoms with Crippen molar-refractivity contribution in [2.75, 3.05) is 12.5 Å². The molecule has 0 saturated carbocycles. The first-order valence-electron chi connectivity index (χ1n) is 5.24. The average Bonchev–Trinajstić information content (AvgIpc) is 2.32. The molecular weight excluding hydrogens is 268 g/mol. The van der Waals surface area contributed by atoms with Crippen LogP contribution >= 0.6 is 23.5 Å². The first kappa shape index (κ1) is 17.0. The van der Waals surface area contributed by atoms with E-state index in [1.165, 1.54) is 37.4 Å². The summed E-state index contributed by atoms with van der Waals surface area (Å²) in [5.74, 6) is -0.328. The molecule has 0 fully saturated rings. The van der Waals surface area contributed by atoms with Crippen LogP contribution in [0.5, 0.6) is 0 Å². The predicted octanol–water partition coefficient (Wildman–Crippen LogP) is 2.20. The Morgan fingerprint density at radius 2 is 1.22 bits per heavy atom. The standard InChI is InChI=1S/C12H16N2O2S2/c1-9(15)5-11(7-13,17-3)12(8-14,18-4)6-10(2)16/h5-6H2,1-4H3. The number of hydrogen-bond donors (Lipinski definition) is 0. The van der Waals surface area contributed by atoms with Gasteiger partial charge >= 0.3 is 0 Å². The van der Waals surface area contributed by atoms with Gasteiger partial charge in [0.1, 0.15) is 21.1 Å². The van der Waals surface area contributed by atoms with Gasteiger partial charge in [-0.2, -0.15) is 10.5 Å². The minimum Gasteiger partial charge on any atom is -0.300 e. The lowest BCUT2D eigenvalue weighted by atomic mass is 9.84. The molecule has 0 aliphatic carbocycles. The molecule has 2 unspecified atom stereocenters. The van der Waals surface area contributed by atoms with E-state index in [2.05, 4.69) is 12.1 Å². The van der Waals surface area contributed by atoms with Gasteiger partial charge in [-0.3, -0.25) is 9.59 Å². The van der Waals surface area contributed by atoms with E-state index in [0.717, 1.165) is 0 Å². The van der Waals surface area contributed by atoms with Gasteiger partial charge in [0.25, 0.3) is 0 Å². The second kappa shape index (κ2) is 6.82. The van der Waals surface area contributed by atoms with Crippen molar-refractivity contribution in [3.05, 3.63) is 0 Å². The van der Waals surface area contributed by atoms with Crippen LogP contribution in [0.4, 0.5) is 0 Å². The Hall–Kier alpha value is -0.980. The molecule has 2 atom stereocenters. The van der Waals surface area contributed by atoms with Gasteiger partial charge in [0.15, 0.2) is 0 Å². The summed E-state index contributed by atoms with van der Waals surface area (Å²) in [5, 5.41) is 18.9. The third kappa shape index (κ3) is 3.28. The van der Waals surface area contributed by atoms with Crippen molar-refractivity contribution in [3.63, 3.8) is 0 Å². The van der Waals surface area contributed by atoms with Gasteiger partial charge in [-0.1, -0.05) is 0 Å². The highest BCUT2D eigenvalue weighted by molar-refractivity contribution is 8.04. The molecule has 0 aromatic rings. The number of nitrogens with zero attached hydrogens (tertiary/aromatic N) is 2. The molecule has 18 heavy (non-hydrogen) atoms. The van der Waals surface area contributed by atoms with E-state index < -0.39 is 9.49 Å². The van der Waals surface area contributed by atoms with Crippen molar-refractivity contribution in [2.45, 2.75) is 36.2 Å². The molecule has 0 aromatic carbocycles. The first-order chi connectivity index (χ1) is 8.33. The lowest BCUT2D eigenvalue weighted by Crippen LogP contribution is -2.49. The van der Waals surface area contributed by atoms with Gasteiger partial charge in [-0.15, -0.1) is 23.5 Å². The summed E-state index contributed by atoms with van der Waals surface area (Å²) in [6.45, 7) is 2.77. The number of Topliss-reactive ketones (excluding diaryl/α,β-unsaturated/α-hetero) is 2. The summed E-state index contributed by atoms with van der Waals surface area (Å²) in [4.78, 5) is 22.7.